The summed E-state index contributed by atoms with van der Waals surface area (Å²) in [7, 11) is 0. The van der Waals surface area contributed by atoms with Gasteiger partial charge in [-0.3, -0.25) is 4.79 Å². The SMILES string of the molecule is O=C(O[C@H](C(=O)N1CCCCC1)c1ccccc1)c1cc2ccccc2o1. The number of likely N-dealkylation sites (tertiary alicyclic amines) is 1. The standard InChI is InChI=1S/C22H21NO4/c24-21(23-13-7-2-8-14-23)20(16-9-3-1-4-10-16)27-22(25)19-15-17-11-5-6-12-18(17)26-19/h1,3-6,9-12,15,20H,2,7-8,13-14H2/t20-/m0/s1. The van der Waals surface area contributed by atoms with Crippen LogP contribution in [0.2, 0.25) is 0 Å². The van der Waals surface area contributed by atoms with Gasteiger partial charge in [0, 0.05) is 24.0 Å². The second kappa shape index (κ2) is 7.66. The molecule has 1 saturated heterocycles. The largest absolute Gasteiger partial charge is 0.449 e. The van der Waals surface area contributed by atoms with Gasteiger partial charge in [-0.1, -0.05) is 48.5 Å². The van der Waals surface area contributed by atoms with Crippen molar-refractivity contribution in [2.45, 2.75) is 25.4 Å². The number of piperidine rings is 1. The summed E-state index contributed by atoms with van der Waals surface area (Å²) in [6, 6.07) is 18.2. The van der Waals surface area contributed by atoms with Crippen LogP contribution in [0.4, 0.5) is 0 Å². The van der Waals surface area contributed by atoms with Crippen molar-refractivity contribution in [1.82, 2.24) is 4.90 Å². The Hall–Kier alpha value is -3.08. The number of rotatable bonds is 4. The zero-order valence-electron chi connectivity index (χ0n) is 15.0. The molecular weight excluding hydrogens is 342 g/mol. The van der Waals surface area contributed by atoms with Crippen LogP contribution < -0.4 is 0 Å². The van der Waals surface area contributed by atoms with Crippen molar-refractivity contribution < 1.29 is 18.7 Å². The average Bonchev–Trinajstić information content (AvgIpc) is 3.17. The third-order valence-corrected chi connectivity index (χ3v) is 4.85. The van der Waals surface area contributed by atoms with Crippen molar-refractivity contribution in [3.8, 4) is 0 Å². The maximum absolute atomic E-state index is 13.1. The number of amides is 1. The van der Waals surface area contributed by atoms with E-state index in [0.717, 1.165) is 24.6 Å². The van der Waals surface area contributed by atoms with Gasteiger partial charge in [-0.05, 0) is 31.4 Å². The Morgan fingerprint density at radius 1 is 0.926 bits per heavy atom. The molecule has 138 valence electrons. The molecule has 0 N–H and O–H groups in total. The number of esters is 1. The Balaban J connectivity index is 1.60. The summed E-state index contributed by atoms with van der Waals surface area (Å²) in [6.07, 6.45) is 2.11. The molecule has 1 amide bonds. The lowest BCUT2D eigenvalue weighted by Crippen LogP contribution is -2.40. The fourth-order valence-corrected chi connectivity index (χ4v) is 3.42. The Labute approximate surface area is 157 Å². The van der Waals surface area contributed by atoms with Gasteiger partial charge in [-0.25, -0.2) is 4.79 Å². The summed E-state index contributed by atoms with van der Waals surface area (Å²) in [4.78, 5) is 27.5. The molecule has 4 rings (SSSR count). The van der Waals surface area contributed by atoms with Crippen molar-refractivity contribution in [1.29, 1.82) is 0 Å². The smallest absolute Gasteiger partial charge is 0.375 e. The van der Waals surface area contributed by atoms with Crippen LogP contribution in [0.1, 0.15) is 41.5 Å². The van der Waals surface area contributed by atoms with E-state index in [1.807, 2.05) is 36.4 Å². The first-order valence-electron chi connectivity index (χ1n) is 9.26. The number of carbonyl (C=O) groups is 2. The van der Waals surface area contributed by atoms with Gasteiger partial charge in [-0.15, -0.1) is 0 Å². The highest BCUT2D eigenvalue weighted by Gasteiger charge is 2.31. The van der Waals surface area contributed by atoms with E-state index in [4.69, 9.17) is 9.15 Å². The summed E-state index contributed by atoms with van der Waals surface area (Å²) in [6.45, 7) is 1.40. The molecule has 0 spiro atoms. The molecule has 1 fully saturated rings. The highest BCUT2D eigenvalue weighted by molar-refractivity contribution is 5.94. The van der Waals surface area contributed by atoms with Crippen molar-refractivity contribution in [3.63, 3.8) is 0 Å². The molecule has 0 saturated carbocycles. The van der Waals surface area contributed by atoms with Crippen molar-refractivity contribution in [3.05, 3.63) is 72.0 Å². The predicted molar refractivity (Wildman–Crippen MR) is 101 cm³/mol. The van der Waals surface area contributed by atoms with Crippen LogP contribution in [-0.4, -0.2) is 29.9 Å². The van der Waals surface area contributed by atoms with E-state index in [1.54, 1.807) is 29.2 Å². The van der Waals surface area contributed by atoms with Crippen LogP contribution in [0.3, 0.4) is 0 Å². The van der Waals surface area contributed by atoms with Gasteiger partial charge in [0.05, 0.1) is 0 Å². The molecule has 0 radical (unpaired) electrons. The maximum atomic E-state index is 13.1. The number of ether oxygens (including phenoxy) is 1. The first-order valence-corrected chi connectivity index (χ1v) is 9.26. The number of furan rings is 1. The normalized spacial score (nSPS) is 15.5. The second-order valence-corrected chi connectivity index (χ2v) is 6.73. The molecule has 1 aliphatic heterocycles. The van der Waals surface area contributed by atoms with Gasteiger partial charge in [0.1, 0.15) is 5.58 Å². The first kappa shape index (κ1) is 17.3. The number of hydrogen-bond acceptors (Lipinski definition) is 4. The molecule has 0 aliphatic carbocycles. The van der Waals surface area contributed by atoms with Gasteiger partial charge in [0.25, 0.3) is 5.91 Å². The van der Waals surface area contributed by atoms with E-state index in [1.165, 1.54) is 0 Å². The number of hydrogen-bond donors (Lipinski definition) is 0. The molecule has 2 heterocycles. The van der Waals surface area contributed by atoms with Crippen LogP contribution >= 0.6 is 0 Å². The van der Waals surface area contributed by atoms with Gasteiger partial charge in [-0.2, -0.15) is 0 Å². The Bertz CT molecular complexity index is 908. The van der Waals surface area contributed by atoms with Crippen molar-refractivity contribution in [2.75, 3.05) is 13.1 Å². The fraction of sp³-hybridized carbons (Fsp3) is 0.273. The minimum absolute atomic E-state index is 0.101. The third kappa shape index (κ3) is 3.72. The third-order valence-electron chi connectivity index (χ3n) is 4.85. The molecule has 3 aromatic rings. The van der Waals surface area contributed by atoms with E-state index in [0.29, 0.717) is 24.2 Å². The quantitative estimate of drug-likeness (QED) is 0.647. The number of nitrogens with zero attached hydrogens (tertiary/aromatic N) is 1. The van der Waals surface area contributed by atoms with Gasteiger partial charge in [0.15, 0.2) is 0 Å². The number of para-hydroxylation sites is 1. The van der Waals surface area contributed by atoms with Gasteiger partial charge in [0.2, 0.25) is 11.9 Å². The van der Waals surface area contributed by atoms with Crippen LogP contribution in [0, 0.1) is 0 Å². The topological polar surface area (TPSA) is 59.8 Å². The Morgan fingerprint density at radius 2 is 1.63 bits per heavy atom. The van der Waals surface area contributed by atoms with Gasteiger partial charge < -0.3 is 14.1 Å². The zero-order valence-corrected chi connectivity index (χ0v) is 15.0. The average molecular weight is 363 g/mol. The van der Waals surface area contributed by atoms with E-state index < -0.39 is 12.1 Å². The van der Waals surface area contributed by atoms with Crippen molar-refractivity contribution >= 4 is 22.8 Å². The van der Waals surface area contributed by atoms with Crippen LogP contribution in [-0.2, 0) is 9.53 Å². The van der Waals surface area contributed by atoms with E-state index in [2.05, 4.69) is 0 Å². The molecule has 0 bridgehead atoms. The second-order valence-electron chi connectivity index (χ2n) is 6.73. The molecular formula is C22H21NO4. The summed E-state index contributed by atoms with van der Waals surface area (Å²) in [5, 5.41) is 0.822. The van der Waals surface area contributed by atoms with E-state index in [-0.39, 0.29) is 11.7 Å². The fourth-order valence-electron chi connectivity index (χ4n) is 3.42. The molecule has 2 aromatic carbocycles. The van der Waals surface area contributed by atoms with E-state index >= 15 is 0 Å². The lowest BCUT2D eigenvalue weighted by Gasteiger charge is -2.30. The Kier molecular flexibility index (Phi) is 4.92. The number of carbonyl (C=O) groups excluding carboxylic acids is 2. The molecule has 27 heavy (non-hydrogen) atoms. The zero-order chi connectivity index (χ0) is 18.6. The number of benzene rings is 2. The summed E-state index contributed by atoms with van der Waals surface area (Å²) < 4.78 is 11.2. The maximum Gasteiger partial charge on any atom is 0.375 e. The van der Waals surface area contributed by atoms with Crippen LogP contribution in [0.5, 0.6) is 0 Å². The molecule has 5 nitrogen and oxygen atoms in total. The molecule has 1 aliphatic rings. The number of fused-ring (bicyclic) bond motifs is 1. The van der Waals surface area contributed by atoms with E-state index in [9.17, 15) is 9.59 Å². The molecule has 1 aromatic heterocycles. The summed E-state index contributed by atoms with van der Waals surface area (Å²) in [5.74, 6) is -0.709. The van der Waals surface area contributed by atoms with Gasteiger partial charge >= 0.3 is 5.97 Å². The van der Waals surface area contributed by atoms with Crippen LogP contribution in [0.15, 0.2) is 65.1 Å². The molecule has 0 unspecified atom stereocenters. The summed E-state index contributed by atoms with van der Waals surface area (Å²) in [5.41, 5.74) is 1.28. The minimum Gasteiger partial charge on any atom is -0.449 e. The minimum atomic E-state index is -0.968. The van der Waals surface area contributed by atoms with Crippen LogP contribution in [0.25, 0.3) is 11.0 Å². The lowest BCUT2D eigenvalue weighted by molar-refractivity contribution is -0.142. The van der Waals surface area contributed by atoms with Crippen molar-refractivity contribution in [2.24, 2.45) is 0 Å². The highest BCUT2D eigenvalue weighted by Crippen LogP contribution is 2.26. The first-order chi connectivity index (χ1) is 13.2. The predicted octanol–water partition coefficient (Wildman–Crippen LogP) is 4.34. The highest BCUT2D eigenvalue weighted by atomic mass is 16.6. The molecule has 1 atom stereocenters. The molecule has 5 heteroatoms. The monoisotopic (exact) mass is 363 g/mol. The summed E-state index contributed by atoms with van der Waals surface area (Å²) >= 11 is 0. The lowest BCUT2D eigenvalue weighted by atomic mass is 10.1. The Morgan fingerprint density at radius 3 is 2.37 bits per heavy atom.